The Morgan fingerprint density at radius 2 is 2.19 bits per heavy atom. The second-order valence-corrected chi connectivity index (χ2v) is 5.80. The summed E-state index contributed by atoms with van der Waals surface area (Å²) in [6.45, 7) is 0.401. The zero-order valence-corrected chi connectivity index (χ0v) is 14.1. The average Bonchev–Trinajstić information content (AvgIpc) is 3.35. The van der Waals surface area contributed by atoms with Gasteiger partial charge in [0, 0.05) is 30.1 Å². The molecule has 0 unspecified atom stereocenters. The molecule has 0 aliphatic rings. The van der Waals surface area contributed by atoms with Gasteiger partial charge in [-0.2, -0.15) is 10.2 Å². The highest BCUT2D eigenvalue weighted by atomic mass is 16.5. The van der Waals surface area contributed by atoms with E-state index in [4.69, 9.17) is 4.74 Å². The highest BCUT2D eigenvalue weighted by Crippen LogP contribution is 2.24. The standard InChI is InChI=1S/C19H17N5O2/c1-26-15-5-2-4-13(8-15)10-20-19(25)17-9-18-16(14-11-21-22-12-14)6-3-7-24(18)23-17/h2-9,11-12H,10H2,1H3,(H,20,25)(H,21,22). The molecule has 0 fully saturated rings. The van der Waals surface area contributed by atoms with Crippen molar-refractivity contribution >= 4 is 11.4 Å². The molecule has 0 saturated heterocycles. The number of hydrogen-bond acceptors (Lipinski definition) is 4. The van der Waals surface area contributed by atoms with Gasteiger partial charge >= 0.3 is 0 Å². The first kappa shape index (κ1) is 15.9. The van der Waals surface area contributed by atoms with E-state index in [1.165, 1.54) is 0 Å². The summed E-state index contributed by atoms with van der Waals surface area (Å²) < 4.78 is 6.90. The molecule has 1 amide bonds. The fourth-order valence-corrected chi connectivity index (χ4v) is 2.82. The molecule has 26 heavy (non-hydrogen) atoms. The molecule has 3 heterocycles. The lowest BCUT2D eigenvalue weighted by atomic mass is 10.1. The van der Waals surface area contributed by atoms with Crippen LogP contribution in [0.1, 0.15) is 16.1 Å². The molecular weight excluding hydrogens is 330 g/mol. The van der Waals surface area contributed by atoms with E-state index >= 15 is 0 Å². The van der Waals surface area contributed by atoms with Gasteiger partial charge in [0.1, 0.15) is 5.75 Å². The van der Waals surface area contributed by atoms with Crippen LogP contribution < -0.4 is 10.1 Å². The van der Waals surface area contributed by atoms with Gasteiger partial charge in [0.25, 0.3) is 5.91 Å². The Hall–Kier alpha value is -3.61. The smallest absolute Gasteiger partial charge is 0.272 e. The minimum atomic E-state index is -0.227. The lowest BCUT2D eigenvalue weighted by molar-refractivity contribution is 0.0945. The number of methoxy groups -OCH3 is 1. The summed E-state index contributed by atoms with van der Waals surface area (Å²) in [6, 6.07) is 13.2. The minimum Gasteiger partial charge on any atom is -0.497 e. The van der Waals surface area contributed by atoms with E-state index in [1.807, 2.05) is 48.8 Å². The number of H-pyrrole nitrogens is 1. The van der Waals surface area contributed by atoms with Gasteiger partial charge in [0.2, 0.25) is 0 Å². The molecule has 4 rings (SSSR count). The first-order valence-corrected chi connectivity index (χ1v) is 8.13. The lowest BCUT2D eigenvalue weighted by Crippen LogP contribution is -2.23. The van der Waals surface area contributed by atoms with Crippen molar-refractivity contribution in [3.63, 3.8) is 0 Å². The maximum atomic E-state index is 12.5. The van der Waals surface area contributed by atoms with Crippen LogP contribution in [0, 0.1) is 0 Å². The quantitative estimate of drug-likeness (QED) is 0.581. The molecule has 0 aliphatic heterocycles. The molecule has 1 aromatic carbocycles. The summed E-state index contributed by atoms with van der Waals surface area (Å²) in [5, 5.41) is 14.1. The summed E-state index contributed by atoms with van der Waals surface area (Å²) in [5.41, 5.74) is 4.07. The van der Waals surface area contributed by atoms with Crippen LogP contribution in [0.4, 0.5) is 0 Å². The van der Waals surface area contributed by atoms with Gasteiger partial charge in [-0.05, 0) is 29.8 Å². The number of benzene rings is 1. The number of aromatic amines is 1. The molecule has 0 bridgehead atoms. The molecule has 4 aromatic rings. The van der Waals surface area contributed by atoms with Crippen LogP contribution in [-0.2, 0) is 6.54 Å². The predicted octanol–water partition coefficient (Wildman–Crippen LogP) is 2.66. The Morgan fingerprint density at radius 3 is 3.00 bits per heavy atom. The predicted molar refractivity (Wildman–Crippen MR) is 96.9 cm³/mol. The van der Waals surface area contributed by atoms with Crippen molar-refractivity contribution in [2.45, 2.75) is 6.54 Å². The Kier molecular flexibility index (Phi) is 4.10. The van der Waals surface area contributed by atoms with E-state index in [0.29, 0.717) is 12.2 Å². The number of carbonyl (C=O) groups excluding carboxylic acids is 1. The third-order valence-corrected chi connectivity index (χ3v) is 4.13. The maximum absolute atomic E-state index is 12.5. The number of rotatable bonds is 5. The van der Waals surface area contributed by atoms with Crippen molar-refractivity contribution in [1.82, 2.24) is 25.1 Å². The van der Waals surface area contributed by atoms with Crippen LogP contribution in [0.25, 0.3) is 16.6 Å². The van der Waals surface area contributed by atoms with Gasteiger partial charge in [-0.3, -0.25) is 9.89 Å². The van der Waals surface area contributed by atoms with Crippen molar-refractivity contribution < 1.29 is 9.53 Å². The largest absolute Gasteiger partial charge is 0.497 e. The van der Waals surface area contributed by atoms with Gasteiger partial charge in [0.05, 0.1) is 18.8 Å². The van der Waals surface area contributed by atoms with Crippen LogP contribution in [0.3, 0.4) is 0 Å². The normalized spacial score (nSPS) is 10.8. The molecule has 0 atom stereocenters. The van der Waals surface area contributed by atoms with Crippen molar-refractivity contribution in [2.24, 2.45) is 0 Å². The van der Waals surface area contributed by atoms with Crippen LogP contribution in [0.5, 0.6) is 5.75 Å². The van der Waals surface area contributed by atoms with E-state index in [0.717, 1.165) is 28.0 Å². The molecule has 7 heteroatoms. The molecule has 0 aliphatic carbocycles. The number of pyridine rings is 1. The molecule has 0 spiro atoms. The molecule has 2 N–H and O–H groups in total. The van der Waals surface area contributed by atoms with Gasteiger partial charge < -0.3 is 10.1 Å². The average molecular weight is 347 g/mol. The lowest BCUT2D eigenvalue weighted by Gasteiger charge is -2.05. The van der Waals surface area contributed by atoms with E-state index in [1.54, 1.807) is 23.9 Å². The van der Waals surface area contributed by atoms with Gasteiger partial charge in [-0.25, -0.2) is 4.52 Å². The van der Waals surface area contributed by atoms with E-state index in [9.17, 15) is 4.79 Å². The summed E-state index contributed by atoms with van der Waals surface area (Å²) in [6.07, 6.45) is 5.37. The number of nitrogens with one attached hydrogen (secondary N) is 2. The zero-order valence-electron chi connectivity index (χ0n) is 14.1. The fourth-order valence-electron chi connectivity index (χ4n) is 2.82. The number of amides is 1. The Morgan fingerprint density at radius 1 is 1.27 bits per heavy atom. The molecule has 0 radical (unpaired) electrons. The number of ether oxygens (including phenoxy) is 1. The van der Waals surface area contributed by atoms with Crippen molar-refractivity contribution in [3.05, 3.63) is 72.3 Å². The summed E-state index contributed by atoms with van der Waals surface area (Å²) in [7, 11) is 1.62. The second kappa shape index (κ2) is 6.72. The van der Waals surface area contributed by atoms with E-state index in [2.05, 4.69) is 20.6 Å². The number of aromatic nitrogens is 4. The highest BCUT2D eigenvalue weighted by molar-refractivity contribution is 5.95. The fraction of sp³-hybridized carbons (Fsp3) is 0.105. The van der Waals surface area contributed by atoms with Crippen molar-refractivity contribution in [3.8, 4) is 16.9 Å². The molecule has 3 aromatic heterocycles. The summed E-state index contributed by atoms with van der Waals surface area (Å²) in [4.78, 5) is 12.5. The maximum Gasteiger partial charge on any atom is 0.272 e. The SMILES string of the molecule is COc1cccc(CNC(=O)c2cc3c(-c4cn[nH]c4)cccn3n2)c1. The van der Waals surface area contributed by atoms with Crippen LogP contribution in [0.15, 0.2) is 61.1 Å². The molecular formula is C19H17N5O2. The van der Waals surface area contributed by atoms with Crippen LogP contribution >= 0.6 is 0 Å². The van der Waals surface area contributed by atoms with Crippen molar-refractivity contribution in [1.29, 1.82) is 0 Å². The second-order valence-electron chi connectivity index (χ2n) is 5.80. The monoisotopic (exact) mass is 347 g/mol. The topological polar surface area (TPSA) is 84.3 Å². The van der Waals surface area contributed by atoms with Crippen LogP contribution in [0.2, 0.25) is 0 Å². The Labute approximate surface area is 149 Å². The van der Waals surface area contributed by atoms with Gasteiger partial charge in [-0.1, -0.05) is 18.2 Å². The Balaban J connectivity index is 1.56. The molecule has 0 saturated carbocycles. The first-order valence-electron chi connectivity index (χ1n) is 8.13. The Bertz CT molecular complexity index is 1050. The first-order chi connectivity index (χ1) is 12.7. The third-order valence-electron chi connectivity index (χ3n) is 4.13. The number of hydrogen-bond donors (Lipinski definition) is 2. The zero-order chi connectivity index (χ0) is 17.9. The number of fused-ring (bicyclic) bond motifs is 1. The summed E-state index contributed by atoms with van der Waals surface area (Å²) in [5.74, 6) is 0.531. The minimum absolute atomic E-state index is 0.227. The summed E-state index contributed by atoms with van der Waals surface area (Å²) >= 11 is 0. The molecule has 130 valence electrons. The van der Waals surface area contributed by atoms with Gasteiger partial charge in [0.15, 0.2) is 5.69 Å². The van der Waals surface area contributed by atoms with Gasteiger partial charge in [-0.15, -0.1) is 0 Å². The van der Waals surface area contributed by atoms with E-state index in [-0.39, 0.29) is 5.91 Å². The molecule has 7 nitrogen and oxygen atoms in total. The van der Waals surface area contributed by atoms with E-state index < -0.39 is 0 Å². The van der Waals surface area contributed by atoms with Crippen molar-refractivity contribution in [2.75, 3.05) is 7.11 Å². The number of carbonyl (C=O) groups is 1. The third kappa shape index (κ3) is 3.02. The van der Waals surface area contributed by atoms with Crippen LogP contribution in [-0.4, -0.2) is 32.8 Å². The number of nitrogens with zero attached hydrogens (tertiary/aromatic N) is 3. The highest BCUT2D eigenvalue weighted by Gasteiger charge is 2.14.